The molecule has 0 aliphatic rings. The van der Waals surface area contributed by atoms with Gasteiger partial charge >= 0.3 is 6.18 Å². The van der Waals surface area contributed by atoms with Crippen LogP contribution < -0.4 is 10.6 Å². The molecule has 0 aliphatic carbocycles. The van der Waals surface area contributed by atoms with Gasteiger partial charge in [0.15, 0.2) is 0 Å². The highest BCUT2D eigenvalue weighted by atomic mass is 19.4. The zero-order chi connectivity index (χ0) is 15.2. The molecule has 0 saturated carbocycles. The third-order valence-electron chi connectivity index (χ3n) is 2.48. The highest BCUT2D eigenvalue weighted by Gasteiger charge is 2.25. The van der Waals surface area contributed by atoms with Gasteiger partial charge in [-0.25, -0.2) is 0 Å². The number of nitro groups is 1. The van der Waals surface area contributed by atoms with E-state index in [1.54, 1.807) is 6.07 Å². The van der Waals surface area contributed by atoms with Crippen LogP contribution in [0.15, 0.2) is 18.2 Å². The van der Waals surface area contributed by atoms with Gasteiger partial charge in [0, 0.05) is 43.0 Å². The fourth-order valence-electron chi connectivity index (χ4n) is 1.65. The van der Waals surface area contributed by atoms with Crippen molar-refractivity contribution in [3.63, 3.8) is 0 Å². The standard InChI is InChI=1S/C12H16F3N3O2/c1-2-16-9-6-10(8-11(7-9)18(19)20)17-5-3-4-12(13,14)15/h6-8,16-17H,2-5H2,1H3. The third-order valence-corrected chi connectivity index (χ3v) is 2.48. The molecular weight excluding hydrogens is 275 g/mol. The van der Waals surface area contributed by atoms with Gasteiger partial charge in [-0.05, 0) is 19.4 Å². The molecule has 1 aromatic carbocycles. The zero-order valence-electron chi connectivity index (χ0n) is 11.0. The van der Waals surface area contributed by atoms with Crippen molar-refractivity contribution in [1.29, 1.82) is 0 Å². The van der Waals surface area contributed by atoms with E-state index >= 15 is 0 Å². The number of hydrogen-bond acceptors (Lipinski definition) is 4. The Hall–Kier alpha value is -1.99. The quantitative estimate of drug-likeness (QED) is 0.456. The minimum Gasteiger partial charge on any atom is -0.385 e. The summed E-state index contributed by atoms with van der Waals surface area (Å²) in [4.78, 5) is 10.2. The van der Waals surface area contributed by atoms with Crippen LogP contribution in [0.25, 0.3) is 0 Å². The molecule has 0 unspecified atom stereocenters. The van der Waals surface area contributed by atoms with E-state index in [9.17, 15) is 23.3 Å². The summed E-state index contributed by atoms with van der Waals surface area (Å²) in [5.41, 5.74) is 0.874. The van der Waals surface area contributed by atoms with Gasteiger partial charge in [-0.2, -0.15) is 13.2 Å². The van der Waals surface area contributed by atoms with Crippen LogP contribution in [0.4, 0.5) is 30.2 Å². The number of rotatable bonds is 7. The van der Waals surface area contributed by atoms with Gasteiger partial charge in [-0.1, -0.05) is 0 Å². The Morgan fingerprint density at radius 3 is 2.30 bits per heavy atom. The van der Waals surface area contributed by atoms with Gasteiger partial charge in [0.1, 0.15) is 0 Å². The lowest BCUT2D eigenvalue weighted by molar-refractivity contribution is -0.384. The zero-order valence-corrected chi connectivity index (χ0v) is 11.0. The molecule has 0 heterocycles. The van der Waals surface area contributed by atoms with Crippen LogP contribution in [0, 0.1) is 10.1 Å². The number of nitrogens with zero attached hydrogens (tertiary/aromatic N) is 1. The highest BCUT2D eigenvalue weighted by molar-refractivity contribution is 5.63. The first-order valence-corrected chi connectivity index (χ1v) is 6.16. The van der Waals surface area contributed by atoms with Crippen molar-refractivity contribution >= 4 is 17.1 Å². The van der Waals surface area contributed by atoms with E-state index in [1.807, 2.05) is 6.92 Å². The predicted octanol–water partition coefficient (Wildman–Crippen LogP) is 3.78. The van der Waals surface area contributed by atoms with Crippen molar-refractivity contribution in [1.82, 2.24) is 0 Å². The monoisotopic (exact) mass is 291 g/mol. The van der Waals surface area contributed by atoms with E-state index in [0.29, 0.717) is 17.9 Å². The van der Waals surface area contributed by atoms with Gasteiger partial charge in [-0.3, -0.25) is 10.1 Å². The molecule has 0 aliphatic heterocycles. The Labute approximate surface area is 114 Å². The van der Waals surface area contributed by atoms with Gasteiger partial charge < -0.3 is 10.6 Å². The van der Waals surface area contributed by atoms with Gasteiger partial charge in [0.2, 0.25) is 0 Å². The lowest BCUT2D eigenvalue weighted by Crippen LogP contribution is -2.11. The lowest BCUT2D eigenvalue weighted by atomic mass is 10.2. The van der Waals surface area contributed by atoms with E-state index in [4.69, 9.17) is 0 Å². The summed E-state index contributed by atoms with van der Waals surface area (Å²) in [6.45, 7) is 2.54. The molecule has 0 fully saturated rings. The van der Waals surface area contributed by atoms with E-state index in [1.165, 1.54) is 12.1 Å². The average Bonchev–Trinajstić information content (AvgIpc) is 2.33. The van der Waals surface area contributed by atoms with E-state index in [-0.39, 0.29) is 18.7 Å². The van der Waals surface area contributed by atoms with Crippen LogP contribution in [0.5, 0.6) is 0 Å². The molecule has 0 aromatic heterocycles. The van der Waals surface area contributed by atoms with E-state index < -0.39 is 17.5 Å². The topological polar surface area (TPSA) is 67.2 Å². The lowest BCUT2D eigenvalue weighted by Gasteiger charge is -2.10. The largest absolute Gasteiger partial charge is 0.389 e. The van der Waals surface area contributed by atoms with E-state index in [0.717, 1.165) is 0 Å². The van der Waals surface area contributed by atoms with Crippen LogP contribution in [0.1, 0.15) is 19.8 Å². The number of benzene rings is 1. The Morgan fingerprint density at radius 2 is 1.80 bits per heavy atom. The Kier molecular flexibility index (Phi) is 5.60. The van der Waals surface area contributed by atoms with Gasteiger partial charge in [0.25, 0.3) is 5.69 Å². The number of non-ortho nitro benzene ring substituents is 1. The predicted molar refractivity (Wildman–Crippen MR) is 71.0 cm³/mol. The van der Waals surface area contributed by atoms with Crippen molar-refractivity contribution < 1.29 is 18.1 Å². The maximum absolute atomic E-state index is 12.0. The van der Waals surface area contributed by atoms with Gasteiger partial charge in [-0.15, -0.1) is 0 Å². The first-order chi connectivity index (χ1) is 9.31. The van der Waals surface area contributed by atoms with Crippen LogP contribution in [0.3, 0.4) is 0 Å². The second-order valence-corrected chi connectivity index (χ2v) is 4.20. The molecule has 8 heteroatoms. The summed E-state index contributed by atoms with van der Waals surface area (Å²) in [5.74, 6) is 0. The Bertz CT molecular complexity index is 464. The summed E-state index contributed by atoms with van der Waals surface area (Å²) in [6, 6.07) is 4.31. The smallest absolute Gasteiger partial charge is 0.385 e. The van der Waals surface area contributed by atoms with E-state index in [2.05, 4.69) is 10.6 Å². The molecule has 20 heavy (non-hydrogen) atoms. The van der Waals surface area contributed by atoms with Crippen LogP contribution in [0.2, 0.25) is 0 Å². The molecule has 5 nitrogen and oxygen atoms in total. The summed E-state index contributed by atoms with van der Waals surface area (Å²) in [5, 5.41) is 16.5. The number of nitrogens with one attached hydrogen (secondary N) is 2. The fourth-order valence-corrected chi connectivity index (χ4v) is 1.65. The molecule has 0 saturated heterocycles. The number of alkyl halides is 3. The van der Waals surface area contributed by atoms with Crippen molar-refractivity contribution in [2.24, 2.45) is 0 Å². The van der Waals surface area contributed by atoms with Crippen molar-refractivity contribution in [2.45, 2.75) is 25.9 Å². The van der Waals surface area contributed by atoms with Gasteiger partial charge in [0.05, 0.1) is 4.92 Å². The number of nitro benzene ring substituents is 1. The molecule has 112 valence electrons. The van der Waals surface area contributed by atoms with Crippen LogP contribution >= 0.6 is 0 Å². The average molecular weight is 291 g/mol. The van der Waals surface area contributed by atoms with Crippen molar-refractivity contribution in [3.8, 4) is 0 Å². The summed E-state index contributed by atoms with van der Waals surface area (Å²) < 4.78 is 36.0. The molecule has 2 N–H and O–H groups in total. The molecule has 0 amide bonds. The number of halogens is 3. The first-order valence-electron chi connectivity index (χ1n) is 6.16. The molecular formula is C12H16F3N3O2. The summed E-state index contributed by atoms with van der Waals surface area (Å²) in [6.07, 6.45) is -5.14. The van der Waals surface area contributed by atoms with Crippen LogP contribution in [-0.4, -0.2) is 24.2 Å². The normalized spacial score (nSPS) is 11.2. The fraction of sp³-hybridized carbons (Fsp3) is 0.500. The molecule has 0 atom stereocenters. The van der Waals surface area contributed by atoms with Crippen LogP contribution in [-0.2, 0) is 0 Å². The minimum absolute atomic E-state index is 0.0806. The summed E-state index contributed by atoms with van der Waals surface area (Å²) in [7, 11) is 0. The SMILES string of the molecule is CCNc1cc(NCCCC(F)(F)F)cc([N+](=O)[O-])c1. The molecule has 1 aromatic rings. The molecule has 1 rings (SSSR count). The minimum atomic E-state index is -4.18. The second-order valence-electron chi connectivity index (χ2n) is 4.20. The maximum atomic E-state index is 12.0. The second kappa shape index (κ2) is 6.97. The molecule has 0 spiro atoms. The Morgan fingerprint density at radius 1 is 1.20 bits per heavy atom. The molecule has 0 radical (unpaired) electrons. The highest BCUT2D eigenvalue weighted by Crippen LogP contribution is 2.25. The molecule has 0 bridgehead atoms. The first kappa shape index (κ1) is 16.1. The number of hydrogen-bond donors (Lipinski definition) is 2. The number of anilines is 2. The van der Waals surface area contributed by atoms with Crippen molar-refractivity contribution in [3.05, 3.63) is 28.3 Å². The Balaban J connectivity index is 2.66. The third kappa shape index (κ3) is 5.77. The van der Waals surface area contributed by atoms with Crippen molar-refractivity contribution in [2.75, 3.05) is 23.7 Å². The summed E-state index contributed by atoms with van der Waals surface area (Å²) >= 11 is 0. The maximum Gasteiger partial charge on any atom is 0.389 e.